The summed E-state index contributed by atoms with van der Waals surface area (Å²) in [5.41, 5.74) is 6.80. The fourth-order valence-electron chi connectivity index (χ4n) is 3.35. The Morgan fingerprint density at radius 2 is 1.97 bits per heavy atom. The quantitative estimate of drug-likeness (QED) is 0.255. The standard InChI is InChI=1S/C22H33N5O4S/c1-14(23)24-11-5-4-6-18(28)26-16-9-7-15(8-10-16)12-17(21(30)31)27-20(29)19-22(2,3)32-13-25-19/h7-10,17,19,24-25H,1,4-6,11-13,23H2,2-3H3,(H,26,28)(H,27,29)(H,30,31). The first-order valence-electron chi connectivity index (χ1n) is 10.6. The number of amides is 2. The van der Waals surface area contributed by atoms with Gasteiger partial charge in [-0.25, -0.2) is 4.79 Å². The van der Waals surface area contributed by atoms with Crippen molar-refractivity contribution in [1.82, 2.24) is 16.0 Å². The topological polar surface area (TPSA) is 146 Å². The average Bonchev–Trinajstić information content (AvgIpc) is 3.07. The normalized spacial score (nSPS) is 17.9. The molecule has 1 aliphatic rings. The predicted octanol–water partition coefficient (Wildman–Crippen LogP) is 1.37. The molecule has 2 amide bonds. The Bertz CT molecular complexity index is 828. The van der Waals surface area contributed by atoms with Crippen LogP contribution in [0.2, 0.25) is 0 Å². The minimum absolute atomic E-state index is 0.0930. The number of thioether (sulfide) groups is 1. The van der Waals surface area contributed by atoms with Crippen LogP contribution in [-0.4, -0.2) is 52.1 Å². The summed E-state index contributed by atoms with van der Waals surface area (Å²) >= 11 is 1.62. The second-order valence-electron chi connectivity index (χ2n) is 8.29. The number of benzene rings is 1. The number of aliphatic carboxylic acids is 1. The largest absolute Gasteiger partial charge is 0.480 e. The summed E-state index contributed by atoms with van der Waals surface area (Å²) in [7, 11) is 0. The Hall–Kier alpha value is -2.72. The van der Waals surface area contributed by atoms with Crippen LogP contribution in [0, 0.1) is 0 Å². The molecule has 1 aromatic carbocycles. The minimum atomic E-state index is -1.09. The van der Waals surface area contributed by atoms with Gasteiger partial charge < -0.3 is 26.8 Å². The molecule has 2 rings (SSSR count). The minimum Gasteiger partial charge on any atom is -0.480 e. The van der Waals surface area contributed by atoms with Gasteiger partial charge in [0.2, 0.25) is 11.8 Å². The smallest absolute Gasteiger partial charge is 0.326 e. The molecule has 0 aliphatic carbocycles. The second-order valence-corrected chi connectivity index (χ2v) is 9.92. The van der Waals surface area contributed by atoms with E-state index in [0.717, 1.165) is 18.4 Å². The Morgan fingerprint density at radius 1 is 1.28 bits per heavy atom. The summed E-state index contributed by atoms with van der Waals surface area (Å²) in [6.07, 6.45) is 2.05. The van der Waals surface area contributed by atoms with Gasteiger partial charge in [0.1, 0.15) is 12.1 Å². The number of nitrogens with one attached hydrogen (secondary N) is 4. The molecular weight excluding hydrogens is 430 g/mol. The van der Waals surface area contributed by atoms with Crippen molar-refractivity contribution in [2.75, 3.05) is 17.7 Å². The van der Waals surface area contributed by atoms with E-state index in [0.29, 0.717) is 30.4 Å². The molecule has 176 valence electrons. The van der Waals surface area contributed by atoms with Crippen LogP contribution < -0.4 is 27.0 Å². The molecule has 2 unspecified atom stereocenters. The number of hydrogen-bond acceptors (Lipinski definition) is 7. The van der Waals surface area contributed by atoms with Gasteiger partial charge in [-0.2, -0.15) is 0 Å². The Balaban J connectivity index is 1.84. The summed E-state index contributed by atoms with van der Waals surface area (Å²) in [5, 5.41) is 21.1. The van der Waals surface area contributed by atoms with E-state index in [1.807, 2.05) is 13.8 Å². The third-order valence-electron chi connectivity index (χ3n) is 5.16. The third kappa shape index (κ3) is 8.08. The number of anilines is 1. The second kappa shape index (κ2) is 11.8. The van der Waals surface area contributed by atoms with E-state index < -0.39 is 18.1 Å². The predicted molar refractivity (Wildman–Crippen MR) is 127 cm³/mol. The van der Waals surface area contributed by atoms with Gasteiger partial charge in [-0.05, 0) is 44.4 Å². The molecule has 1 heterocycles. The van der Waals surface area contributed by atoms with Gasteiger partial charge in [-0.1, -0.05) is 18.7 Å². The van der Waals surface area contributed by atoms with E-state index in [1.165, 1.54) is 0 Å². The Labute approximate surface area is 193 Å². The van der Waals surface area contributed by atoms with E-state index in [4.69, 9.17) is 5.73 Å². The van der Waals surface area contributed by atoms with Crippen LogP contribution >= 0.6 is 11.8 Å². The molecule has 9 nitrogen and oxygen atoms in total. The molecule has 0 bridgehead atoms. The number of nitrogens with two attached hydrogens (primary N) is 1. The zero-order chi connectivity index (χ0) is 23.7. The Morgan fingerprint density at radius 3 is 2.53 bits per heavy atom. The molecular formula is C22H33N5O4S. The number of carboxylic acid groups (broad SMARTS) is 1. The van der Waals surface area contributed by atoms with Crippen LogP contribution in [0.15, 0.2) is 36.7 Å². The van der Waals surface area contributed by atoms with Crippen molar-refractivity contribution in [2.45, 2.75) is 56.4 Å². The summed E-state index contributed by atoms with van der Waals surface area (Å²) < 4.78 is -0.303. The monoisotopic (exact) mass is 463 g/mol. The molecule has 0 radical (unpaired) electrons. The zero-order valence-corrected chi connectivity index (χ0v) is 19.4. The maximum Gasteiger partial charge on any atom is 0.326 e. The SMILES string of the molecule is C=C(N)NCCCCC(=O)Nc1ccc(CC(NC(=O)C2NCSC2(C)C)C(=O)O)cc1. The first-order chi connectivity index (χ1) is 15.1. The van der Waals surface area contributed by atoms with Gasteiger partial charge >= 0.3 is 5.97 Å². The highest BCUT2D eigenvalue weighted by Gasteiger charge is 2.41. The van der Waals surface area contributed by atoms with Crippen molar-refractivity contribution < 1.29 is 19.5 Å². The fraction of sp³-hybridized carbons (Fsp3) is 0.500. The van der Waals surface area contributed by atoms with Crippen LogP contribution in [0.3, 0.4) is 0 Å². The molecule has 10 heteroatoms. The number of unbranched alkanes of at least 4 members (excludes halogenated alkanes) is 1. The number of carboxylic acids is 1. The van der Waals surface area contributed by atoms with Gasteiger partial charge in [0.25, 0.3) is 0 Å². The van der Waals surface area contributed by atoms with E-state index in [1.54, 1.807) is 36.0 Å². The van der Waals surface area contributed by atoms with Gasteiger partial charge in [0.15, 0.2) is 0 Å². The highest BCUT2D eigenvalue weighted by molar-refractivity contribution is 8.00. The Kier molecular flexibility index (Phi) is 9.40. The lowest BCUT2D eigenvalue weighted by Gasteiger charge is -2.26. The molecule has 7 N–H and O–H groups in total. The zero-order valence-electron chi connectivity index (χ0n) is 18.6. The van der Waals surface area contributed by atoms with Crippen molar-refractivity contribution in [2.24, 2.45) is 5.73 Å². The van der Waals surface area contributed by atoms with Crippen molar-refractivity contribution in [3.8, 4) is 0 Å². The van der Waals surface area contributed by atoms with Crippen LogP contribution in [0.5, 0.6) is 0 Å². The van der Waals surface area contributed by atoms with Crippen molar-refractivity contribution in [3.05, 3.63) is 42.2 Å². The van der Waals surface area contributed by atoms with Gasteiger partial charge in [-0.15, -0.1) is 11.8 Å². The van der Waals surface area contributed by atoms with E-state index in [2.05, 4.69) is 27.8 Å². The fourth-order valence-corrected chi connectivity index (χ4v) is 4.33. The summed E-state index contributed by atoms with van der Waals surface area (Å²) in [4.78, 5) is 36.3. The summed E-state index contributed by atoms with van der Waals surface area (Å²) in [5.74, 6) is -0.438. The van der Waals surface area contributed by atoms with Gasteiger partial charge in [0.05, 0.1) is 5.82 Å². The average molecular weight is 464 g/mol. The first kappa shape index (κ1) is 25.5. The van der Waals surface area contributed by atoms with E-state index >= 15 is 0 Å². The van der Waals surface area contributed by atoms with Crippen molar-refractivity contribution in [1.29, 1.82) is 0 Å². The maximum absolute atomic E-state index is 12.6. The first-order valence-corrected chi connectivity index (χ1v) is 11.5. The highest BCUT2D eigenvalue weighted by Crippen LogP contribution is 2.33. The molecule has 0 saturated carbocycles. The van der Waals surface area contributed by atoms with Crippen LogP contribution in [0.1, 0.15) is 38.7 Å². The lowest BCUT2D eigenvalue weighted by Crippen LogP contribution is -2.54. The summed E-state index contributed by atoms with van der Waals surface area (Å²) in [6, 6.07) is 5.48. The molecule has 1 aromatic rings. The molecule has 32 heavy (non-hydrogen) atoms. The number of hydrogen-bond donors (Lipinski definition) is 6. The van der Waals surface area contributed by atoms with Crippen LogP contribution in [0.4, 0.5) is 5.69 Å². The molecule has 2 atom stereocenters. The number of rotatable bonds is 12. The van der Waals surface area contributed by atoms with Gasteiger partial charge in [0, 0.05) is 35.7 Å². The van der Waals surface area contributed by atoms with Crippen LogP contribution in [-0.2, 0) is 20.8 Å². The number of carbonyl (C=O) groups excluding carboxylic acids is 2. The summed E-state index contributed by atoms with van der Waals surface area (Å²) in [6.45, 7) is 8.13. The lowest BCUT2D eigenvalue weighted by molar-refractivity contribution is -0.142. The van der Waals surface area contributed by atoms with E-state index in [-0.39, 0.29) is 23.0 Å². The molecule has 0 spiro atoms. The van der Waals surface area contributed by atoms with Gasteiger partial charge in [-0.3, -0.25) is 14.9 Å². The molecule has 1 aliphatic heterocycles. The van der Waals surface area contributed by atoms with Crippen molar-refractivity contribution >= 4 is 35.2 Å². The third-order valence-corrected chi connectivity index (χ3v) is 6.45. The van der Waals surface area contributed by atoms with E-state index in [9.17, 15) is 19.5 Å². The maximum atomic E-state index is 12.6. The molecule has 1 saturated heterocycles. The van der Waals surface area contributed by atoms with Crippen molar-refractivity contribution in [3.63, 3.8) is 0 Å². The lowest BCUT2D eigenvalue weighted by atomic mass is 10.0. The highest BCUT2D eigenvalue weighted by atomic mass is 32.2. The molecule has 0 aromatic heterocycles. The van der Waals surface area contributed by atoms with Crippen LogP contribution in [0.25, 0.3) is 0 Å². The number of carbonyl (C=O) groups is 3. The molecule has 1 fully saturated rings.